The van der Waals surface area contributed by atoms with E-state index in [2.05, 4.69) is 18.0 Å². The molecule has 2 atom stereocenters. The average molecular weight is 316 g/mol. The molecular weight excluding hydrogens is 290 g/mol. The van der Waals surface area contributed by atoms with Gasteiger partial charge in [0, 0.05) is 6.04 Å². The smallest absolute Gasteiger partial charge is 0.279 e. The van der Waals surface area contributed by atoms with Gasteiger partial charge in [0.1, 0.15) is 0 Å². The zero-order valence-corrected chi connectivity index (χ0v) is 13.5. The van der Waals surface area contributed by atoms with Gasteiger partial charge >= 0.3 is 0 Å². The van der Waals surface area contributed by atoms with Gasteiger partial charge in [-0.15, -0.1) is 0 Å². The summed E-state index contributed by atoms with van der Waals surface area (Å²) >= 11 is 0. The van der Waals surface area contributed by atoms with Crippen molar-refractivity contribution in [1.29, 1.82) is 0 Å². The molecule has 0 bridgehead atoms. The van der Waals surface area contributed by atoms with Crippen LogP contribution in [0.3, 0.4) is 0 Å². The largest absolute Gasteiger partial charge is 0.364 e. The Hall–Kier alpha value is -1.72. The molecule has 1 saturated carbocycles. The van der Waals surface area contributed by atoms with Gasteiger partial charge in [-0.1, -0.05) is 20.8 Å². The topological polar surface area (TPSA) is 72.2 Å². The molecule has 0 unspecified atom stereocenters. The SMILES string of the molecule is CC/C=C(/F)C(=O)N[C@@H]1CC[C@H](C)C1.CC/C=C(/F)C(N)=O. The Balaban J connectivity index is 0.000000472. The first kappa shape index (κ1) is 20.3. The van der Waals surface area contributed by atoms with E-state index in [0.29, 0.717) is 18.8 Å². The highest BCUT2D eigenvalue weighted by Crippen LogP contribution is 2.24. The molecule has 1 aliphatic rings. The fourth-order valence-electron chi connectivity index (χ4n) is 2.14. The van der Waals surface area contributed by atoms with Crippen molar-refractivity contribution < 1.29 is 18.4 Å². The zero-order valence-electron chi connectivity index (χ0n) is 13.5. The maximum Gasteiger partial charge on any atom is 0.279 e. The summed E-state index contributed by atoms with van der Waals surface area (Å²) in [5.74, 6) is -2.39. The Morgan fingerprint density at radius 3 is 2.05 bits per heavy atom. The molecule has 1 aliphatic carbocycles. The lowest BCUT2D eigenvalue weighted by Gasteiger charge is -2.10. The molecule has 2 amide bonds. The Labute approximate surface area is 130 Å². The van der Waals surface area contributed by atoms with E-state index >= 15 is 0 Å². The van der Waals surface area contributed by atoms with Gasteiger partial charge < -0.3 is 11.1 Å². The number of amides is 2. The van der Waals surface area contributed by atoms with Gasteiger partial charge in [0.15, 0.2) is 11.7 Å². The quantitative estimate of drug-likeness (QED) is 0.764. The maximum atomic E-state index is 13.0. The first-order valence-electron chi connectivity index (χ1n) is 7.63. The number of rotatable bonds is 5. The molecule has 126 valence electrons. The third-order valence-corrected chi connectivity index (χ3v) is 3.25. The number of nitrogens with one attached hydrogen (secondary N) is 1. The summed E-state index contributed by atoms with van der Waals surface area (Å²) in [6, 6.07) is 0.175. The van der Waals surface area contributed by atoms with E-state index < -0.39 is 23.5 Å². The van der Waals surface area contributed by atoms with Crippen LogP contribution < -0.4 is 11.1 Å². The highest BCUT2D eigenvalue weighted by molar-refractivity contribution is 5.91. The standard InChI is InChI=1S/C11H18FNO.C5H8FNO/c1-3-4-10(12)11(14)13-9-6-5-8(2)7-9;1-2-3-4(6)5(7)8/h4,8-9H,3,5-7H2,1-2H3,(H,13,14);3H,2H2,1H3,(H2,7,8)/b10-4+;4-3+/t8-,9+;/m0./s1. The fraction of sp³-hybridized carbons (Fsp3) is 0.625. The van der Waals surface area contributed by atoms with Gasteiger partial charge in [-0.3, -0.25) is 9.59 Å². The third-order valence-electron chi connectivity index (χ3n) is 3.25. The van der Waals surface area contributed by atoms with E-state index in [9.17, 15) is 18.4 Å². The van der Waals surface area contributed by atoms with Crippen molar-refractivity contribution in [2.75, 3.05) is 0 Å². The number of nitrogens with two attached hydrogens (primary N) is 1. The van der Waals surface area contributed by atoms with Crippen molar-refractivity contribution in [2.24, 2.45) is 11.7 Å². The predicted octanol–water partition coefficient (Wildman–Crippen LogP) is 3.29. The first-order valence-corrected chi connectivity index (χ1v) is 7.63. The molecule has 1 rings (SSSR count). The average Bonchev–Trinajstić information content (AvgIpc) is 2.85. The molecule has 1 fully saturated rings. The number of carbonyl (C=O) groups excluding carboxylic acids is 2. The fourth-order valence-corrected chi connectivity index (χ4v) is 2.14. The second kappa shape index (κ2) is 10.9. The molecule has 4 nitrogen and oxygen atoms in total. The van der Waals surface area contributed by atoms with Crippen LogP contribution in [-0.4, -0.2) is 17.9 Å². The minimum Gasteiger partial charge on any atom is -0.364 e. The van der Waals surface area contributed by atoms with Crippen molar-refractivity contribution in [3.8, 4) is 0 Å². The van der Waals surface area contributed by atoms with Gasteiger partial charge in [0.25, 0.3) is 11.8 Å². The highest BCUT2D eigenvalue weighted by atomic mass is 19.1. The second-order valence-electron chi connectivity index (χ2n) is 5.37. The molecule has 0 spiro atoms. The lowest BCUT2D eigenvalue weighted by molar-refractivity contribution is -0.119. The van der Waals surface area contributed by atoms with Crippen LogP contribution in [0.2, 0.25) is 0 Å². The van der Waals surface area contributed by atoms with Crippen LogP contribution in [0.25, 0.3) is 0 Å². The number of hydrogen-bond donors (Lipinski definition) is 2. The molecule has 3 N–H and O–H groups in total. The molecule has 0 aromatic rings. The van der Waals surface area contributed by atoms with Crippen molar-refractivity contribution in [2.45, 2.75) is 58.9 Å². The van der Waals surface area contributed by atoms with Crippen LogP contribution in [0, 0.1) is 5.92 Å². The predicted molar refractivity (Wildman–Crippen MR) is 83.1 cm³/mol. The molecule has 6 heteroatoms. The Bertz CT molecular complexity index is 434. The van der Waals surface area contributed by atoms with Crippen molar-refractivity contribution in [3.05, 3.63) is 23.8 Å². The molecule has 0 saturated heterocycles. The van der Waals surface area contributed by atoms with Gasteiger partial charge in [-0.2, -0.15) is 0 Å². The lowest BCUT2D eigenvalue weighted by atomic mass is 10.1. The van der Waals surface area contributed by atoms with Crippen LogP contribution in [0.1, 0.15) is 52.9 Å². The number of hydrogen-bond acceptors (Lipinski definition) is 2. The molecule has 0 aromatic heterocycles. The van der Waals surface area contributed by atoms with Gasteiger partial charge in [0.05, 0.1) is 0 Å². The van der Waals surface area contributed by atoms with Crippen LogP contribution >= 0.6 is 0 Å². The highest BCUT2D eigenvalue weighted by Gasteiger charge is 2.23. The van der Waals surface area contributed by atoms with E-state index in [1.54, 1.807) is 6.92 Å². The van der Waals surface area contributed by atoms with E-state index in [1.807, 2.05) is 6.92 Å². The summed E-state index contributed by atoms with van der Waals surface area (Å²) < 4.78 is 24.9. The molecular formula is C16H26F2N2O2. The maximum absolute atomic E-state index is 13.0. The molecule has 0 radical (unpaired) electrons. The Kier molecular flexibility index (Phi) is 10.1. The minimum absolute atomic E-state index is 0.175. The molecule has 0 aromatic carbocycles. The number of carbonyl (C=O) groups is 2. The summed E-state index contributed by atoms with van der Waals surface area (Å²) in [7, 11) is 0. The van der Waals surface area contributed by atoms with E-state index in [4.69, 9.17) is 0 Å². The zero-order chi connectivity index (χ0) is 17.1. The number of primary amides is 1. The summed E-state index contributed by atoms with van der Waals surface area (Å²) in [4.78, 5) is 21.1. The van der Waals surface area contributed by atoms with E-state index in [-0.39, 0.29) is 6.04 Å². The van der Waals surface area contributed by atoms with Crippen LogP contribution in [-0.2, 0) is 9.59 Å². The lowest BCUT2D eigenvalue weighted by Crippen LogP contribution is -2.33. The number of halogens is 2. The van der Waals surface area contributed by atoms with Crippen molar-refractivity contribution >= 4 is 11.8 Å². The van der Waals surface area contributed by atoms with Gasteiger partial charge in [-0.25, -0.2) is 8.78 Å². The van der Waals surface area contributed by atoms with Gasteiger partial charge in [0.2, 0.25) is 0 Å². The third kappa shape index (κ3) is 8.54. The van der Waals surface area contributed by atoms with E-state index in [1.165, 1.54) is 6.08 Å². The Morgan fingerprint density at radius 1 is 1.14 bits per heavy atom. The monoisotopic (exact) mass is 316 g/mol. The van der Waals surface area contributed by atoms with Crippen LogP contribution in [0.15, 0.2) is 23.8 Å². The minimum atomic E-state index is -0.994. The summed E-state index contributed by atoms with van der Waals surface area (Å²) in [6.45, 7) is 5.69. The summed E-state index contributed by atoms with van der Waals surface area (Å²) in [5.41, 5.74) is 4.54. The Morgan fingerprint density at radius 2 is 1.68 bits per heavy atom. The number of allylic oxidation sites excluding steroid dienone is 2. The van der Waals surface area contributed by atoms with Crippen molar-refractivity contribution in [3.63, 3.8) is 0 Å². The molecule has 0 heterocycles. The summed E-state index contributed by atoms with van der Waals surface area (Å²) in [5, 5.41) is 2.71. The summed E-state index contributed by atoms with van der Waals surface area (Å²) in [6.07, 6.45) is 6.59. The molecule has 0 aliphatic heterocycles. The van der Waals surface area contributed by atoms with Crippen LogP contribution in [0.5, 0.6) is 0 Å². The van der Waals surface area contributed by atoms with Crippen LogP contribution in [0.4, 0.5) is 8.78 Å². The molecule has 22 heavy (non-hydrogen) atoms. The second-order valence-corrected chi connectivity index (χ2v) is 5.37. The van der Waals surface area contributed by atoms with Gasteiger partial charge in [-0.05, 0) is 50.2 Å². The van der Waals surface area contributed by atoms with Crippen molar-refractivity contribution in [1.82, 2.24) is 5.32 Å². The first-order chi connectivity index (χ1) is 10.3. The van der Waals surface area contributed by atoms with E-state index in [0.717, 1.165) is 25.3 Å². The normalized spacial score (nSPS) is 21.9.